The molecule has 1 aliphatic carbocycles. The van der Waals surface area contributed by atoms with Gasteiger partial charge in [-0.2, -0.15) is 5.26 Å². The second-order valence-electron chi connectivity index (χ2n) is 8.23. The third-order valence-corrected chi connectivity index (χ3v) is 8.10. The molecule has 0 saturated heterocycles. The Morgan fingerprint density at radius 2 is 2.00 bits per heavy atom. The van der Waals surface area contributed by atoms with Gasteiger partial charge in [-0.25, -0.2) is 0 Å². The van der Waals surface area contributed by atoms with Crippen molar-refractivity contribution in [2.75, 3.05) is 22.9 Å². The molecular formula is C24H28N6OS2. The maximum Gasteiger partial charge on any atom is 0.235 e. The highest BCUT2D eigenvalue weighted by atomic mass is 32.2. The van der Waals surface area contributed by atoms with Crippen molar-refractivity contribution < 1.29 is 4.79 Å². The predicted molar refractivity (Wildman–Crippen MR) is 134 cm³/mol. The Kier molecular flexibility index (Phi) is 7.68. The van der Waals surface area contributed by atoms with Crippen molar-refractivity contribution in [3.05, 3.63) is 52.7 Å². The molecule has 2 N–H and O–H groups in total. The van der Waals surface area contributed by atoms with E-state index in [2.05, 4.69) is 43.6 Å². The largest absolute Gasteiger partial charge is 0.360 e. The zero-order valence-electron chi connectivity index (χ0n) is 18.9. The monoisotopic (exact) mass is 480 g/mol. The van der Waals surface area contributed by atoms with E-state index < -0.39 is 0 Å². The minimum absolute atomic E-state index is 0.137. The Morgan fingerprint density at radius 1 is 1.24 bits per heavy atom. The summed E-state index contributed by atoms with van der Waals surface area (Å²) in [6.07, 6.45) is 5.45. The number of carbonyl (C=O) groups is 1. The van der Waals surface area contributed by atoms with E-state index in [1.54, 1.807) is 0 Å². The van der Waals surface area contributed by atoms with E-state index in [0.717, 1.165) is 46.5 Å². The van der Waals surface area contributed by atoms with Gasteiger partial charge in [0, 0.05) is 18.3 Å². The molecule has 1 amide bonds. The van der Waals surface area contributed by atoms with Crippen LogP contribution in [0, 0.1) is 25.2 Å². The number of anilines is 2. The predicted octanol–water partition coefficient (Wildman–Crippen LogP) is 5.33. The Bertz CT molecular complexity index is 1140. The Labute approximate surface area is 202 Å². The number of amides is 1. The summed E-state index contributed by atoms with van der Waals surface area (Å²) in [7, 11) is 0. The summed E-state index contributed by atoms with van der Waals surface area (Å²) >= 11 is 2.81. The highest BCUT2D eigenvalue weighted by molar-refractivity contribution is 8.01. The van der Waals surface area contributed by atoms with Gasteiger partial charge in [0.25, 0.3) is 0 Å². The number of thioether (sulfide) groups is 1. The summed E-state index contributed by atoms with van der Waals surface area (Å²) in [5.41, 5.74) is 3.85. The molecule has 0 atom stereocenters. The summed E-state index contributed by atoms with van der Waals surface area (Å²) in [5, 5.41) is 25.1. The molecule has 1 saturated carbocycles. The van der Waals surface area contributed by atoms with Crippen molar-refractivity contribution in [3.8, 4) is 6.07 Å². The summed E-state index contributed by atoms with van der Waals surface area (Å²) in [4.78, 5) is 12.8. The van der Waals surface area contributed by atoms with Crippen molar-refractivity contribution in [1.29, 1.82) is 5.26 Å². The Morgan fingerprint density at radius 3 is 2.73 bits per heavy atom. The van der Waals surface area contributed by atoms with Crippen LogP contribution in [0.1, 0.15) is 54.1 Å². The van der Waals surface area contributed by atoms with E-state index in [1.807, 2.05) is 32.0 Å². The molecule has 0 radical (unpaired) electrons. The van der Waals surface area contributed by atoms with E-state index in [4.69, 9.17) is 0 Å². The van der Waals surface area contributed by atoms with Crippen LogP contribution in [0.25, 0.3) is 0 Å². The van der Waals surface area contributed by atoms with Crippen LogP contribution in [0.15, 0.2) is 34.7 Å². The molecule has 9 heteroatoms. The first kappa shape index (κ1) is 23.3. The van der Waals surface area contributed by atoms with Gasteiger partial charge in [-0.3, -0.25) is 4.79 Å². The van der Waals surface area contributed by atoms with E-state index in [-0.39, 0.29) is 11.7 Å². The lowest BCUT2D eigenvalue weighted by Gasteiger charge is -2.19. The van der Waals surface area contributed by atoms with Gasteiger partial charge < -0.3 is 15.2 Å². The van der Waals surface area contributed by atoms with Crippen molar-refractivity contribution in [2.45, 2.75) is 56.3 Å². The maximum absolute atomic E-state index is 12.8. The number of carbonyl (C=O) groups excluding carboxylic acids is 1. The fourth-order valence-electron chi connectivity index (χ4n) is 4.30. The quantitative estimate of drug-likeness (QED) is 0.402. The van der Waals surface area contributed by atoms with Crippen LogP contribution in [0.2, 0.25) is 0 Å². The Hall–Kier alpha value is -2.83. The van der Waals surface area contributed by atoms with Crippen molar-refractivity contribution in [3.63, 3.8) is 0 Å². The molecule has 1 aromatic carbocycles. The van der Waals surface area contributed by atoms with Crippen LogP contribution in [-0.2, 0) is 11.2 Å². The molecule has 1 fully saturated rings. The first-order valence-electron chi connectivity index (χ1n) is 11.2. The van der Waals surface area contributed by atoms with E-state index >= 15 is 0 Å². The molecule has 172 valence electrons. The molecule has 0 bridgehead atoms. The molecule has 4 rings (SSSR count). The van der Waals surface area contributed by atoms with E-state index in [9.17, 15) is 10.1 Å². The summed E-state index contributed by atoms with van der Waals surface area (Å²) in [6, 6.07) is 12.9. The van der Waals surface area contributed by atoms with Crippen LogP contribution in [-0.4, -0.2) is 33.0 Å². The third kappa shape index (κ3) is 5.57. The van der Waals surface area contributed by atoms with Gasteiger partial charge >= 0.3 is 0 Å². The first-order valence-corrected chi connectivity index (χ1v) is 13.0. The van der Waals surface area contributed by atoms with Crippen LogP contribution in [0.3, 0.4) is 0 Å². The SMILES string of the molecule is Cc1c(C#N)c(NC(=O)CSc2nnc(NCCc3ccccc3)s2)n(C2CCCC2)c1C. The minimum atomic E-state index is -0.137. The maximum atomic E-state index is 12.8. The fraction of sp³-hybridized carbons (Fsp3) is 0.417. The van der Waals surface area contributed by atoms with Gasteiger partial charge in [0.05, 0.1) is 11.3 Å². The lowest BCUT2D eigenvalue weighted by molar-refractivity contribution is -0.113. The number of aromatic nitrogens is 3. The molecule has 2 aromatic heterocycles. The van der Waals surface area contributed by atoms with Gasteiger partial charge in [0.15, 0.2) is 4.34 Å². The zero-order chi connectivity index (χ0) is 23.2. The van der Waals surface area contributed by atoms with Gasteiger partial charge in [-0.15, -0.1) is 10.2 Å². The van der Waals surface area contributed by atoms with Gasteiger partial charge in [-0.05, 0) is 44.2 Å². The normalized spacial score (nSPS) is 13.7. The molecule has 2 heterocycles. The minimum Gasteiger partial charge on any atom is -0.360 e. The highest BCUT2D eigenvalue weighted by Crippen LogP contribution is 2.38. The molecule has 0 unspecified atom stereocenters. The lowest BCUT2D eigenvalue weighted by atomic mass is 10.2. The van der Waals surface area contributed by atoms with E-state index in [1.165, 1.54) is 41.5 Å². The summed E-state index contributed by atoms with van der Waals surface area (Å²) in [6.45, 7) is 4.77. The number of benzene rings is 1. The molecule has 3 aromatic rings. The highest BCUT2D eigenvalue weighted by Gasteiger charge is 2.26. The molecule has 7 nitrogen and oxygen atoms in total. The second kappa shape index (κ2) is 10.9. The average molecular weight is 481 g/mol. The number of hydrogen-bond donors (Lipinski definition) is 2. The molecular weight excluding hydrogens is 452 g/mol. The Balaban J connectivity index is 1.33. The van der Waals surface area contributed by atoms with Crippen LogP contribution < -0.4 is 10.6 Å². The smallest absolute Gasteiger partial charge is 0.235 e. The summed E-state index contributed by atoms with van der Waals surface area (Å²) < 4.78 is 2.91. The molecule has 0 spiro atoms. The number of nitrogens with one attached hydrogen (secondary N) is 2. The van der Waals surface area contributed by atoms with Gasteiger partial charge in [-0.1, -0.05) is 66.3 Å². The molecule has 1 aliphatic rings. The average Bonchev–Trinajstić information content (AvgIpc) is 3.55. The van der Waals surface area contributed by atoms with Gasteiger partial charge in [0.2, 0.25) is 11.0 Å². The number of hydrogen-bond acceptors (Lipinski definition) is 7. The summed E-state index contributed by atoms with van der Waals surface area (Å²) in [5.74, 6) is 0.727. The standard InChI is InChI=1S/C24H28N6OS2/c1-16-17(2)30(19-10-6-7-11-19)22(20(16)14-25)27-21(31)15-32-24-29-28-23(33-24)26-13-12-18-8-4-3-5-9-18/h3-5,8-9,19H,6-7,10-13,15H2,1-2H3,(H,26,28)(H,27,31). The topological polar surface area (TPSA) is 95.6 Å². The fourth-order valence-corrected chi connectivity index (χ4v) is 5.88. The number of rotatable bonds is 9. The van der Waals surface area contributed by atoms with E-state index in [0.29, 0.717) is 17.4 Å². The zero-order valence-corrected chi connectivity index (χ0v) is 20.6. The second-order valence-corrected chi connectivity index (χ2v) is 10.4. The van der Waals surface area contributed by atoms with Crippen LogP contribution in [0.4, 0.5) is 10.9 Å². The van der Waals surface area contributed by atoms with Crippen molar-refractivity contribution in [2.24, 2.45) is 0 Å². The first-order chi connectivity index (χ1) is 16.1. The molecule has 33 heavy (non-hydrogen) atoms. The van der Waals surface area contributed by atoms with Crippen LogP contribution >= 0.6 is 23.1 Å². The number of nitrogens with zero attached hydrogens (tertiary/aromatic N) is 4. The molecule has 0 aliphatic heterocycles. The van der Waals surface area contributed by atoms with Crippen LogP contribution in [0.5, 0.6) is 0 Å². The number of nitriles is 1. The van der Waals surface area contributed by atoms with Crippen molar-refractivity contribution in [1.82, 2.24) is 14.8 Å². The van der Waals surface area contributed by atoms with Gasteiger partial charge in [0.1, 0.15) is 11.9 Å². The van der Waals surface area contributed by atoms with Crippen molar-refractivity contribution >= 4 is 40.0 Å². The lowest BCUT2D eigenvalue weighted by Crippen LogP contribution is -2.19. The third-order valence-electron chi connectivity index (χ3n) is 6.08.